The lowest BCUT2D eigenvalue weighted by Crippen LogP contribution is -2.42. The van der Waals surface area contributed by atoms with Gasteiger partial charge >= 0.3 is 0 Å². The van der Waals surface area contributed by atoms with Crippen molar-refractivity contribution >= 4 is 32.7 Å². The van der Waals surface area contributed by atoms with E-state index in [0.717, 1.165) is 27.1 Å². The van der Waals surface area contributed by atoms with Crippen molar-refractivity contribution in [1.29, 1.82) is 0 Å². The molecule has 1 amide bonds. The number of carbonyl (C=O) groups is 1. The van der Waals surface area contributed by atoms with Crippen LogP contribution >= 0.6 is 15.9 Å². The second kappa shape index (κ2) is 8.06. The van der Waals surface area contributed by atoms with Crippen LogP contribution in [0, 0.1) is 18.6 Å². The van der Waals surface area contributed by atoms with Crippen LogP contribution in [0.5, 0.6) is 5.75 Å². The van der Waals surface area contributed by atoms with Gasteiger partial charge in [-0.2, -0.15) is 0 Å². The highest BCUT2D eigenvalue weighted by atomic mass is 79.9. The van der Waals surface area contributed by atoms with Gasteiger partial charge in [-0.3, -0.25) is 9.78 Å². The summed E-state index contributed by atoms with van der Waals surface area (Å²) in [4.78, 5) is 19.5. The van der Waals surface area contributed by atoms with Crippen LogP contribution in [-0.2, 0) is 0 Å². The first-order valence-corrected chi connectivity index (χ1v) is 10.2. The smallest absolute Gasteiger partial charge is 0.254 e. The standard InChI is InChI=1S/C22H19BrF2N2O2/c1-13-10-18(17-4-2-14(23)11-20(17)26-13)22(28)27-8-6-16(7-9-27)29-21-5-3-15(24)12-19(21)25/h2-5,10-12,16H,6-9H2,1H3. The monoisotopic (exact) mass is 460 g/mol. The molecule has 0 bridgehead atoms. The first-order chi connectivity index (χ1) is 13.9. The maximum absolute atomic E-state index is 13.8. The van der Waals surface area contributed by atoms with Gasteiger partial charge in [-0.05, 0) is 37.3 Å². The maximum Gasteiger partial charge on any atom is 0.254 e. The van der Waals surface area contributed by atoms with Gasteiger partial charge in [0, 0.05) is 47.6 Å². The van der Waals surface area contributed by atoms with E-state index in [1.165, 1.54) is 12.1 Å². The highest BCUT2D eigenvalue weighted by molar-refractivity contribution is 9.10. The number of benzene rings is 2. The highest BCUT2D eigenvalue weighted by Crippen LogP contribution is 2.26. The summed E-state index contributed by atoms with van der Waals surface area (Å²) in [7, 11) is 0. The zero-order chi connectivity index (χ0) is 20.5. The van der Waals surface area contributed by atoms with E-state index in [1.807, 2.05) is 31.2 Å². The number of pyridine rings is 1. The van der Waals surface area contributed by atoms with Gasteiger partial charge < -0.3 is 9.64 Å². The van der Waals surface area contributed by atoms with Crippen LogP contribution in [-0.4, -0.2) is 35.0 Å². The molecule has 29 heavy (non-hydrogen) atoms. The third-order valence-corrected chi connectivity index (χ3v) is 5.54. The summed E-state index contributed by atoms with van der Waals surface area (Å²) < 4.78 is 33.4. The largest absolute Gasteiger partial charge is 0.487 e. The summed E-state index contributed by atoms with van der Waals surface area (Å²) in [6, 6.07) is 10.8. The molecule has 4 rings (SSSR count). The molecule has 0 unspecified atom stereocenters. The Morgan fingerprint density at radius 1 is 1.14 bits per heavy atom. The third-order valence-electron chi connectivity index (χ3n) is 5.05. The normalized spacial score (nSPS) is 15.0. The molecule has 1 aliphatic heterocycles. The second-order valence-corrected chi connectivity index (χ2v) is 8.07. The molecular formula is C22H19BrF2N2O2. The van der Waals surface area contributed by atoms with Gasteiger partial charge in [0.05, 0.1) is 11.1 Å². The lowest BCUT2D eigenvalue weighted by molar-refractivity contribution is 0.0590. The number of fused-ring (bicyclic) bond motifs is 1. The molecule has 0 aliphatic carbocycles. The van der Waals surface area contributed by atoms with Gasteiger partial charge in [0.1, 0.15) is 11.9 Å². The van der Waals surface area contributed by atoms with Crippen LogP contribution < -0.4 is 4.74 Å². The lowest BCUT2D eigenvalue weighted by atomic mass is 10.0. The summed E-state index contributed by atoms with van der Waals surface area (Å²) in [6.07, 6.45) is 0.942. The van der Waals surface area contributed by atoms with Gasteiger partial charge in [0.15, 0.2) is 11.6 Å². The Balaban J connectivity index is 1.47. The average Bonchev–Trinajstić information content (AvgIpc) is 2.69. The SMILES string of the molecule is Cc1cc(C(=O)N2CCC(Oc3ccc(F)cc3F)CC2)c2ccc(Br)cc2n1. The highest BCUT2D eigenvalue weighted by Gasteiger charge is 2.26. The van der Waals surface area contributed by atoms with E-state index in [4.69, 9.17) is 4.74 Å². The van der Waals surface area contributed by atoms with E-state index in [-0.39, 0.29) is 17.8 Å². The van der Waals surface area contributed by atoms with Crippen molar-refractivity contribution in [2.24, 2.45) is 0 Å². The molecule has 3 aromatic rings. The molecule has 1 fully saturated rings. The van der Waals surface area contributed by atoms with Crippen molar-refractivity contribution in [3.63, 3.8) is 0 Å². The zero-order valence-electron chi connectivity index (χ0n) is 15.8. The van der Waals surface area contributed by atoms with Crippen LogP contribution in [0.3, 0.4) is 0 Å². The Kier molecular flexibility index (Phi) is 5.50. The van der Waals surface area contributed by atoms with Crippen molar-refractivity contribution in [1.82, 2.24) is 9.88 Å². The topological polar surface area (TPSA) is 42.4 Å². The van der Waals surface area contributed by atoms with E-state index >= 15 is 0 Å². The van der Waals surface area contributed by atoms with Crippen molar-refractivity contribution in [2.75, 3.05) is 13.1 Å². The van der Waals surface area contributed by atoms with Gasteiger partial charge in [-0.25, -0.2) is 8.78 Å². The molecular weight excluding hydrogens is 442 g/mol. The first kappa shape index (κ1) is 19.8. The molecule has 2 aromatic carbocycles. The average molecular weight is 461 g/mol. The Morgan fingerprint density at radius 3 is 2.62 bits per heavy atom. The molecule has 1 saturated heterocycles. The number of hydrogen-bond donors (Lipinski definition) is 0. The van der Waals surface area contributed by atoms with Gasteiger partial charge in [0.2, 0.25) is 0 Å². The molecule has 0 N–H and O–H groups in total. The molecule has 0 spiro atoms. The van der Waals surface area contributed by atoms with Crippen molar-refractivity contribution in [3.05, 3.63) is 69.8 Å². The fraction of sp³-hybridized carbons (Fsp3) is 0.273. The molecule has 150 valence electrons. The van der Waals surface area contributed by atoms with E-state index in [2.05, 4.69) is 20.9 Å². The van der Waals surface area contributed by atoms with Crippen molar-refractivity contribution in [2.45, 2.75) is 25.9 Å². The van der Waals surface area contributed by atoms with Crippen molar-refractivity contribution < 1.29 is 18.3 Å². The van der Waals surface area contributed by atoms with E-state index in [1.54, 1.807) is 4.90 Å². The lowest BCUT2D eigenvalue weighted by Gasteiger charge is -2.32. The summed E-state index contributed by atoms with van der Waals surface area (Å²) in [5.74, 6) is -1.36. The van der Waals surface area contributed by atoms with E-state index < -0.39 is 11.6 Å². The number of likely N-dealkylation sites (tertiary alicyclic amines) is 1. The molecule has 7 heteroatoms. The van der Waals surface area contributed by atoms with Crippen LogP contribution in [0.25, 0.3) is 10.9 Å². The predicted molar refractivity (Wildman–Crippen MR) is 110 cm³/mol. The van der Waals surface area contributed by atoms with Crippen LogP contribution in [0.15, 0.2) is 46.9 Å². The number of ether oxygens (including phenoxy) is 1. The van der Waals surface area contributed by atoms with E-state index in [9.17, 15) is 13.6 Å². The number of carbonyl (C=O) groups excluding carboxylic acids is 1. The Bertz CT molecular complexity index is 1080. The Labute approximate surface area is 175 Å². The molecule has 0 radical (unpaired) electrons. The first-order valence-electron chi connectivity index (χ1n) is 9.38. The molecule has 4 nitrogen and oxygen atoms in total. The number of rotatable bonds is 3. The Hall–Kier alpha value is -2.54. The molecule has 2 heterocycles. The molecule has 0 atom stereocenters. The summed E-state index contributed by atoms with van der Waals surface area (Å²) in [5.41, 5.74) is 2.18. The van der Waals surface area contributed by atoms with Gasteiger partial charge in [-0.15, -0.1) is 0 Å². The number of hydrogen-bond acceptors (Lipinski definition) is 3. The second-order valence-electron chi connectivity index (χ2n) is 7.16. The fourth-order valence-electron chi connectivity index (χ4n) is 3.61. The summed E-state index contributed by atoms with van der Waals surface area (Å²) in [6.45, 7) is 2.88. The zero-order valence-corrected chi connectivity index (χ0v) is 17.4. The van der Waals surface area contributed by atoms with Crippen LogP contribution in [0.1, 0.15) is 28.9 Å². The third kappa shape index (κ3) is 4.24. The van der Waals surface area contributed by atoms with Crippen molar-refractivity contribution in [3.8, 4) is 5.75 Å². The maximum atomic E-state index is 13.8. The molecule has 0 saturated carbocycles. The number of halogens is 3. The number of aromatic nitrogens is 1. The minimum Gasteiger partial charge on any atom is -0.487 e. The minimum atomic E-state index is -0.714. The molecule has 1 aliphatic rings. The summed E-state index contributed by atoms with van der Waals surface area (Å²) in [5, 5.41) is 0.815. The number of aryl methyl sites for hydroxylation is 1. The van der Waals surface area contributed by atoms with Gasteiger partial charge in [0.25, 0.3) is 5.91 Å². The van der Waals surface area contributed by atoms with Crippen LogP contribution in [0.2, 0.25) is 0 Å². The van der Waals surface area contributed by atoms with Crippen LogP contribution in [0.4, 0.5) is 8.78 Å². The Morgan fingerprint density at radius 2 is 1.90 bits per heavy atom. The predicted octanol–water partition coefficient (Wildman–Crippen LogP) is 5.27. The number of piperidine rings is 1. The quantitative estimate of drug-likeness (QED) is 0.534. The fourth-order valence-corrected chi connectivity index (χ4v) is 3.96. The number of nitrogens with zero attached hydrogens (tertiary/aromatic N) is 2. The molecule has 1 aromatic heterocycles. The summed E-state index contributed by atoms with van der Waals surface area (Å²) >= 11 is 3.44. The van der Waals surface area contributed by atoms with E-state index in [0.29, 0.717) is 31.5 Å². The minimum absolute atomic E-state index is 0.0394. The number of amides is 1. The van der Waals surface area contributed by atoms with Gasteiger partial charge in [-0.1, -0.05) is 22.0 Å².